The molecule has 264 valence electrons. The van der Waals surface area contributed by atoms with E-state index in [1.807, 2.05) is 13.0 Å². The number of fused-ring (bicyclic) bond motifs is 1. The van der Waals surface area contributed by atoms with Crippen molar-refractivity contribution in [1.29, 1.82) is 0 Å². The number of aromatic hydroxyl groups is 1. The van der Waals surface area contributed by atoms with Crippen molar-refractivity contribution in [2.75, 3.05) is 6.61 Å². The van der Waals surface area contributed by atoms with Crippen molar-refractivity contribution in [1.82, 2.24) is 0 Å². The van der Waals surface area contributed by atoms with Gasteiger partial charge in [0.05, 0.1) is 34.5 Å². The summed E-state index contributed by atoms with van der Waals surface area (Å²) in [7, 11) is 0. The minimum absolute atomic E-state index is 0.0199. The van der Waals surface area contributed by atoms with Gasteiger partial charge in [-0.25, -0.2) is 4.79 Å². The molecule has 4 rings (SSSR count). The second-order valence-electron chi connectivity index (χ2n) is 11.5. The van der Waals surface area contributed by atoms with Crippen LogP contribution in [0.2, 0.25) is 0 Å². The number of carboxylic acids is 1. The predicted molar refractivity (Wildman–Crippen MR) is 185 cm³/mol. The third-order valence-electron chi connectivity index (χ3n) is 7.74. The first-order chi connectivity index (χ1) is 23.8. The smallest absolute Gasteiger partial charge is 0.416 e. The molecule has 0 bridgehead atoms. The highest BCUT2D eigenvalue weighted by atomic mass is 32.2. The Kier molecular flexibility index (Phi) is 13.1. The molecule has 0 unspecified atom stereocenters. The number of unbranched alkanes of at least 4 members (excludes halogenated alkanes) is 2. The Balaban J connectivity index is 1.44. The molecule has 3 aromatic carbocycles. The molecule has 50 heavy (non-hydrogen) atoms. The fourth-order valence-electron chi connectivity index (χ4n) is 5.19. The van der Waals surface area contributed by atoms with E-state index in [-0.39, 0.29) is 33.6 Å². The number of phenols is 1. The highest BCUT2D eigenvalue weighted by molar-refractivity contribution is 8.00. The quantitative estimate of drug-likeness (QED) is 0.0451. The van der Waals surface area contributed by atoms with Crippen LogP contribution in [0.5, 0.6) is 11.5 Å². The highest BCUT2D eigenvalue weighted by Gasteiger charge is 2.31. The van der Waals surface area contributed by atoms with Crippen LogP contribution in [0.4, 0.5) is 13.2 Å². The number of allylic oxidation sites excluding steroid dienone is 3. The lowest BCUT2D eigenvalue weighted by Crippen LogP contribution is -2.14. The zero-order valence-corrected chi connectivity index (χ0v) is 28.2. The number of aliphatic hydroxyl groups is 1. The standard InChI is InChI=1S/C38H37F3O8S/c1-3-11-29-31(18-17-27(23(2)42)36(29)45)48-19-9-7-5-4-6-8-14-34(35(44)24-12-10-13-25(20-24)38(39,40)41)50-26-15-16-28-30(43)22-33(37(46)47)49-32(28)21-26/h4,6,8,10,12-18,20-22,34-35,44-45H,3,5,7,9,11,19H2,1-2H3,(H,46,47)/b6-4-,14-8?/t34-,35+/m0/s1. The molecule has 0 fully saturated rings. The second kappa shape index (κ2) is 17.2. The highest BCUT2D eigenvalue weighted by Crippen LogP contribution is 2.37. The maximum Gasteiger partial charge on any atom is 0.416 e. The van der Waals surface area contributed by atoms with E-state index < -0.39 is 40.3 Å². The van der Waals surface area contributed by atoms with E-state index >= 15 is 0 Å². The largest absolute Gasteiger partial charge is 0.507 e. The van der Waals surface area contributed by atoms with Crippen molar-refractivity contribution < 1.29 is 47.2 Å². The number of phenolic OH excluding ortho intramolecular Hbond substituents is 1. The fourth-order valence-corrected chi connectivity index (χ4v) is 6.28. The maximum absolute atomic E-state index is 13.4. The Morgan fingerprint density at radius 3 is 2.52 bits per heavy atom. The number of benzene rings is 3. The molecule has 0 saturated carbocycles. The number of aliphatic hydroxyl groups excluding tert-OH is 1. The molecule has 12 heteroatoms. The number of halogens is 3. The van der Waals surface area contributed by atoms with Gasteiger partial charge in [0.25, 0.3) is 0 Å². The van der Waals surface area contributed by atoms with Gasteiger partial charge in [-0.05, 0) is 80.6 Å². The lowest BCUT2D eigenvalue weighted by Gasteiger charge is -2.21. The van der Waals surface area contributed by atoms with E-state index in [1.165, 1.54) is 31.2 Å². The molecule has 2 atom stereocenters. The Morgan fingerprint density at radius 1 is 1.04 bits per heavy atom. The summed E-state index contributed by atoms with van der Waals surface area (Å²) in [4.78, 5) is 36.0. The van der Waals surface area contributed by atoms with Crippen LogP contribution in [0.25, 0.3) is 11.0 Å². The first-order valence-electron chi connectivity index (χ1n) is 15.9. The van der Waals surface area contributed by atoms with Gasteiger partial charge < -0.3 is 24.5 Å². The average Bonchev–Trinajstić information content (AvgIpc) is 3.07. The van der Waals surface area contributed by atoms with Gasteiger partial charge in [-0.3, -0.25) is 9.59 Å². The van der Waals surface area contributed by atoms with Gasteiger partial charge in [0.15, 0.2) is 11.2 Å². The van der Waals surface area contributed by atoms with Crippen LogP contribution in [0.1, 0.15) is 83.2 Å². The first kappa shape index (κ1) is 38.0. The van der Waals surface area contributed by atoms with E-state index in [0.29, 0.717) is 42.1 Å². The molecule has 3 N–H and O–H groups in total. The van der Waals surface area contributed by atoms with Gasteiger partial charge in [0.2, 0.25) is 5.76 Å². The number of ketones is 1. The van der Waals surface area contributed by atoms with Gasteiger partial charge in [-0.2, -0.15) is 13.2 Å². The van der Waals surface area contributed by atoms with E-state index in [9.17, 15) is 42.9 Å². The van der Waals surface area contributed by atoms with Crippen LogP contribution in [0.15, 0.2) is 99.1 Å². The normalized spacial score (nSPS) is 13.2. The van der Waals surface area contributed by atoms with Gasteiger partial charge in [-0.15, -0.1) is 11.8 Å². The van der Waals surface area contributed by atoms with Crippen LogP contribution < -0.4 is 10.2 Å². The van der Waals surface area contributed by atoms with Crippen molar-refractivity contribution in [3.8, 4) is 11.5 Å². The van der Waals surface area contributed by atoms with E-state index in [0.717, 1.165) is 42.8 Å². The van der Waals surface area contributed by atoms with Crippen molar-refractivity contribution in [2.24, 2.45) is 0 Å². The van der Waals surface area contributed by atoms with Crippen LogP contribution in [-0.2, 0) is 12.6 Å². The van der Waals surface area contributed by atoms with Crippen LogP contribution in [0, 0.1) is 0 Å². The van der Waals surface area contributed by atoms with Crippen molar-refractivity contribution >= 4 is 34.5 Å². The van der Waals surface area contributed by atoms with Crippen molar-refractivity contribution in [3.63, 3.8) is 0 Å². The van der Waals surface area contributed by atoms with Crippen LogP contribution in [-0.4, -0.2) is 38.9 Å². The zero-order valence-electron chi connectivity index (χ0n) is 27.4. The molecule has 0 aliphatic rings. The third kappa shape index (κ3) is 9.88. The van der Waals surface area contributed by atoms with Crippen LogP contribution >= 0.6 is 11.8 Å². The maximum atomic E-state index is 13.4. The number of hydrogen-bond acceptors (Lipinski definition) is 8. The Bertz CT molecular complexity index is 1950. The first-order valence-corrected chi connectivity index (χ1v) is 16.8. The number of ether oxygens (including phenoxy) is 1. The molecule has 0 amide bonds. The average molecular weight is 711 g/mol. The molecular formula is C38H37F3O8S. The lowest BCUT2D eigenvalue weighted by atomic mass is 10.0. The predicted octanol–water partition coefficient (Wildman–Crippen LogP) is 8.93. The second-order valence-corrected chi connectivity index (χ2v) is 12.7. The minimum Gasteiger partial charge on any atom is -0.507 e. The molecular weight excluding hydrogens is 673 g/mol. The monoisotopic (exact) mass is 710 g/mol. The topological polar surface area (TPSA) is 134 Å². The summed E-state index contributed by atoms with van der Waals surface area (Å²) in [5.41, 5.74) is -0.485. The number of hydrogen-bond donors (Lipinski definition) is 3. The molecule has 1 heterocycles. The summed E-state index contributed by atoms with van der Waals surface area (Å²) in [5, 5.41) is 30.4. The summed E-state index contributed by atoms with van der Waals surface area (Å²) in [5.74, 6) is -1.66. The van der Waals surface area contributed by atoms with Gasteiger partial charge in [0.1, 0.15) is 17.1 Å². The minimum atomic E-state index is -4.60. The van der Waals surface area contributed by atoms with Gasteiger partial charge in [-0.1, -0.05) is 49.8 Å². The number of carboxylic acid groups (broad SMARTS) is 1. The Labute approximate surface area is 290 Å². The molecule has 0 aliphatic carbocycles. The zero-order chi connectivity index (χ0) is 36.4. The summed E-state index contributed by atoms with van der Waals surface area (Å²) in [6.45, 7) is 3.78. The summed E-state index contributed by atoms with van der Waals surface area (Å²) in [6, 6.07) is 13.1. The molecule has 8 nitrogen and oxygen atoms in total. The molecule has 0 spiro atoms. The van der Waals surface area contributed by atoms with Crippen molar-refractivity contribution in [2.45, 2.75) is 68.4 Å². The van der Waals surface area contributed by atoms with E-state index in [4.69, 9.17) is 9.15 Å². The number of Topliss-reactive ketones (excluding diaryl/α,β-unsaturated/α-hetero) is 1. The molecule has 4 aromatic rings. The molecule has 1 aromatic heterocycles. The summed E-state index contributed by atoms with van der Waals surface area (Å²) >= 11 is 1.11. The number of alkyl halides is 3. The lowest BCUT2D eigenvalue weighted by molar-refractivity contribution is -0.137. The number of carbonyl (C=O) groups is 2. The SMILES string of the molecule is CCCc1c(OCCCC/C=C\C=C[C@H](Sc2ccc3c(=O)cc(C(=O)O)oc3c2)[C@H](O)c2cccc(C(F)(F)F)c2)ccc(C(C)=O)c1O. The molecule has 0 aliphatic heterocycles. The third-order valence-corrected chi connectivity index (χ3v) is 8.95. The molecule has 0 saturated heterocycles. The fraction of sp³-hybridized carbons (Fsp3) is 0.289. The van der Waals surface area contributed by atoms with Crippen molar-refractivity contribution in [3.05, 3.63) is 123 Å². The van der Waals surface area contributed by atoms with Gasteiger partial charge in [0, 0.05) is 16.5 Å². The van der Waals surface area contributed by atoms with E-state index in [1.54, 1.807) is 36.4 Å². The number of rotatable bonds is 16. The van der Waals surface area contributed by atoms with E-state index in [2.05, 4.69) is 0 Å². The Hall–Kier alpha value is -4.81. The van der Waals surface area contributed by atoms with Crippen LogP contribution in [0.3, 0.4) is 0 Å². The summed E-state index contributed by atoms with van der Waals surface area (Å²) < 4.78 is 51.6. The molecule has 0 radical (unpaired) electrons. The number of carbonyl (C=O) groups excluding carboxylic acids is 1. The number of thioether (sulfide) groups is 1. The number of aromatic carboxylic acids is 1. The van der Waals surface area contributed by atoms with Gasteiger partial charge >= 0.3 is 12.1 Å². The summed E-state index contributed by atoms with van der Waals surface area (Å²) in [6.07, 6.45) is 4.56. The Morgan fingerprint density at radius 2 is 1.82 bits per heavy atom.